The first kappa shape index (κ1) is 47.2. The van der Waals surface area contributed by atoms with Crippen LogP contribution in [0.15, 0.2) is 91.0 Å². The average molecular weight is 907 g/mol. The van der Waals surface area contributed by atoms with Gasteiger partial charge in [0.25, 0.3) is 0 Å². The van der Waals surface area contributed by atoms with E-state index in [1.54, 1.807) is 0 Å². The van der Waals surface area contributed by atoms with Crippen LogP contribution in [0, 0.1) is 0 Å². The number of nitrogens with zero attached hydrogens (tertiary/aromatic N) is 2. The minimum atomic E-state index is -1.95. The summed E-state index contributed by atoms with van der Waals surface area (Å²) in [6.45, 7) is 15.8. The second-order valence-electron chi connectivity index (χ2n) is 17.3. The zero-order valence-electron chi connectivity index (χ0n) is 34.0. The average Bonchev–Trinajstić information content (AvgIpc) is 3.11. The topological polar surface area (TPSA) is 99.5 Å². The number of rotatable bonds is 12. The number of halogens is 2. The third-order valence-electron chi connectivity index (χ3n) is 10.8. The summed E-state index contributed by atoms with van der Waals surface area (Å²) < 4.78 is 11.5. The standard InChI is InChI=1S/C31H39NO3P.C13H24BrNO3.BrH/c1-30(2)23-25(24-31(3,4)32(30)34)35-29(33)21-14-22-36(26-15-8-5-9-16-26,27-17-10-6-11-18-27)28-19-12-7-13-20-28;1-12(2)8-10(9-13(3,4)15(12)17)18-11(16)6-5-7-14;/h5-13,15-20,25,34H,14,21-24H2,1-4H3;10,17H,5-9H2,1-4H3;1H/q+1;;/p-1. The molecule has 2 heterocycles. The second kappa shape index (κ2) is 20.0. The highest BCUT2D eigenvalue weighted by Gasteiger charge is 2.48. The van der Waals surface area contributed by atoms with Crippen molar-refractivity contribution >= 4 is 51.0 Å². The van der Waals surface area contributed by atoms with E-state index in [2.05, 4.69) is 107 Å². The monoisotopic (exact) mass is 904 g/mol. The van der Waals surface area contributed by atoms with Gasteiger partial charge in [-0.2, -0.15) is 10.1 Å². The third-order valence-corrected chi connectivity index (χ3v) is 15.9. The van der Waals surface area contributed by atoms with Crippen LogP contribution in [0.4, 0.5) is 0 Å². The second-order valence-corrected chi connectivity index (χ2v) is 21.8. The van der Waals surface area contributed by atoms with Crippen LogP contribution in [0.5, 0.6) is 0 Å². The molecule has 8 nitrogen and oxygen atoms in total. The maximum atomic E-state index is 13.0. The van der Waals surface area contributed by atoms with Crippen LogP contribution in [0.25, 0.3) is 0 Å². The third kappa shape index (κ3) is 12.2. The predicted molar refractivity (Wildman–Crippen MR) is 224 cm³/mol. The Hall–Kier alpha value is -2.17. The summed E-state index contributed by atoms with van der Waals surface area (Å²) in [6.07, 6.45) is 5.53. The first-order valence-electron chi connectivity index (χ1n) is 19.3. The summed E-state index contributed by atoms with van der Waals surface area (Å²) in [7, 11) is -1.95. The van der Waals surface area contributed by atoms with E-state index in [0.717, 1.165) is 24.3 Å². The Balaban J connectivity index is 0.000000362. The normalized spacial score (nSPS) is 19.6. The van der Waals surface area contributed by atoms with Crippen LogP contribution in [0.2, 0.25) is 0 Å². The van der Waals surface area contributed by atoms with Crippen LogP contribution in [-0.4, -0.2) is 78.3 Å². The lowest BCUT2D eigenvalue weighted by Gasteiger charge is -2.50. The molecule has 11 heteroatoms. The molecule has 0 radical (unpaired) electrons. The molecule has 2 N–H and O–H groups in total. The van der Waals surface area contributed by atoms with E-state index in [4.69, 9.17) is 9.47 Å². The van der Waals surface area contributed by atoms with Gasteiger partial charge in [0.1, 0.15) is 35.4 Å². The van der Waals surface area contributed by atoms with Gasteiger partial charge in [0.05, 0.1) is 6.16 Å². The molecule has 0 aliphatic carbocycles. The molecule has 2 fully saturated rings. The van der Waals surface area contributed by atoms with Crippen molar-refractivity contribution in [1.29, 1.82) is 0 Å². The van der Waals surface area contributed by atoms with Gasteiger partial charge >= 0.3 is 11.9 Å². The molecule has 0 atom stereocenters. The highest BCUT2D eigenvalue weighted by Crippen LogP contribution is 2.56. The van der Waals surface area contributed by atoms with E-state index in [1.807, 2.05) is 55.4 Å². The maximum Gasteiger partial charge on any atom is 0.306 e. The number of esters is 2. The minimum Gasteiger partial charge on any atom is -1.00 e. The quantitative estimate of drug-likeness (QED) is 0.133. The lowest BCUT2D eigenvalue weighted by atomic mass is 9.80. The van der Waals surface area contributed by atoms with Gasteiger partial charge in [0, 0.05) is 66.0 Å². The zero-order valence-corrected chi connectivity index (χ0v) is 38.1. The fourth-order valence-electron chi connectivity index (χ4n) is 8.57. The van der Waals surface area contributed by atoms with Gasteiger partial charge in [-0.3, -0.25) is 9.59 Å². The van der Waals surface area contributed by atoms with Crippen molar-refractivity contribution < 1.29 is 46.5 Å². The Labute approximate surface area is 349 Å². The first-order valence-corrected chi connectivity index (χ1v) is 22.4. The molecule has 0 bridgehead atoms. The summed E-state index contributed by atoms with van der Waals surface area (Å²) in [6, 6.07) is 32.3. The predicted octanol–water partition coefficient (Wildman–Crippen LogP) is 5.83. The molecule has 3 aromatic carbocycles. The number of carbonyl (C=O) groups excluding carboxylic acids is 2. The van der Waals surface area contributed by atoms with E-state index >= 15 is 0 Å². The molecular weight excluding hydrogens is 843 g/mol. The number of piperidine rings is 2. The smallest absolute Gasteiger partial charge is 0.306 e. The lowest BCUT2D eigenvalue weighted by molar-refractivity contribution is -0.259. The summed E-state index contributed by atoms with van der Waals surface area (Å²) in [5.74, 6) is -0.289. The van der Waals surface area contributed by atoms with Gasteiger partial charge in [0.2, 0.25) is 0 Å². The van der Waals surface area contributed by atoms with Gasteiger partial charge in [-0.1, -0.05) is 70.5 Å². The van der Waals surface area contributed by atoms with Crippen molar-refractivity contribution in [2.45, 2.75) is 141 Å². The van der Waals surface area contributed by atoms with Gasteiger partial charge in [0.15, 0.2) is 0 Å². The fourth-order valence-corrected chi connectivity index (χ4v) is 13.2. The van der Waals surface area contributed by atoms with Crippen molar-refractivity contribution in [3.8, 4) is 0 Å². The number of benzene rings is 3. The Kier molecular flexibility index (Phi) is 17.2. The number of hydroxylamine groups is 4. The number of ether oxygens (including phenoxy) is 2. The fraction of sp³-hybridized carbons (Fsp3) is 0.545. The maximum absolute atomic E-state index is 13.0. The number of hydrogen-bond acceptors (Lipinski definition) is 8. The summed E-state index contributed by atoms with van der Waals surface area (Å²) in [4.78, 5) is 24.7. The molecule has 2 saturated heterocycles. The molecule has 0 saturated carbocycles. The number of carbonyl (C=O) groups is 2. The molecule has 55 heavy (non-hydrogen) atoms. The molecule has 0 aromatic heterocycles. The van der Waals surface area contributed by atoms with Crippen molar-refractivity contribution in [2.24, 2.45) is 0 Å². The Morgan fingerprint density at radius 2 is 0.891 bits per heavy atom. The van der Waals surface area contributed by atoms with Crippen LogP contribution in [-0.2, 0) is 19.1 Å². The molecule has 2 aliphatic heterocycles. The highest BCUT2D eigenvalue weighted by molar-refractivity contribution is 9.09. The summed E-state index contributed by atoms with van der Waals surface area (Å²) in [5, 5.41) is 28.3. The van der Waals surface area contributed by atoms with Crippen LogP contribution >= 0.6 is 23.2 Å². The van der Waals surface area contributed by atoms with Crippen LogP contribution in [0.1, 0.15) is 107 Å². The zero-order chi connectivity index (χ0) is 39.8. The van der Waals surface area contributed by atoms with Gasteiger partial charge in [-0.25, -0.2) is 0 Å². The number of alkyl halides is 1. The Morgan fingerprint density at radius 1 is 0.600 bits per heavy atom. The largest absolute Gasteiger partial charge is 1.00 e. The van der Waals surface area contributed by atoms with Gasteiger partial charge in [-0.15, -0.1) is 0 Å². The van der Waals surface area contributed by atoms with E-state index in [-0.39, 0.29) is 52.2 Å². The van der Waals surface area contributed by atoms with Crippen molar-refractivity contribution in [3.63, 3.8) is 0 Å². The summed E-state index contributed by atoms with van der Waals surface area (Å²) in [5.41, 5.74) is -1.63. The summed E-state index contributed by atoms with van der Waals surface area (Å²) >= 11 is 3.30. The molecule has 0 spiro atoms. The van der Waals surface area contributed by atoms with E-state index in [9.17, 15) is 20.0 Å². The SMILES string of the molecule is CC1(C)CC(OC(=O)CCCBr)CC(C)(C)N1O.CC1(C)CC(OC(=O)CCC[P+](c2ccccc2)(c2ccccc2)c2ccccc2)CC(C)(C)N1O.[Br-]. The first-order chi connectivity index (χ1) is 25.3. The molecular formula is C44H63Br2N2O6P. The van der Waals surface area contributed by atoms with Crippen molar-refractivity contribution in [2.75, 3.05) is 11.5 Å². The van der Waals surface area contributed by atoms with Gasteiger partial charge < -0.3 is 36.9 Å². The van der Waals surface area contributed by atoms with Gasteiger partial charge in [-0.05, 0) is 105 Å². The Morgan fingerprint density at radius 3 is 1.18 bits per heavy atom. The van der Waals surface area contributed by atoms with Crippen molar-refractivity contribution in [3.05, 3.63) is 91.0 Å². The van der Waals surface area contributed by atoms with E-state index in [1.165, 1.54) is 26.0 Å². The molecule has 5 rings (SSSR count). The minimum absolute atomic E-state index is 0. The Bertz CT molecular complexity index is 1510. The van der Waals surface area contributed by atoms with E-state index in [0.29, 0.717) is 38.5 Å². The van der Waals surface area contributed by atoms with Crippen LogP contribution in [0.3, 0.4) is 0 Å². The van der Waals surface area contributed by atoms with E-state index < -0.39 is 18.3 Å². The molecule has 0 unspecified atom stereocenters. The molecule has 304 valence electrons. The lowest BCUT2D eigenvalue weighted by Crippen LogP contribution is -3.00. The molecule has 3 aromatic rings. The van der Waals surface area contributed by atoms with Crippen molar-refractivity contribution in [1.82, 2.24) is 10.1 Å². The highest BCUT2D eigenvalue weighted by atomic mass is 79.9. The molecule has 2 aliphatic rings. The van der Waals surface area contributed by atoms with Crippen LogP contribution < -0.4 is 32.9 Å². The molecule has 0 amide bonds. The number of hydrogen-bond donors (Lipinski definition) is 2.